The van der Waals surface area contributed by atoms with Crippen molar-refractivity contribution in [3.63, 3.8) is 0 Å². The number of carboxylic acid groups (broad SMARTS) is 1. The van der Waals surface area contributed by atoms with E-state index in [1.165, 1.54) is 0 Å². The topological polar surface area (TPSA) is 167 Å². The summed E-state index contributed by atoms with van der Waals surface area (Å²) in [6.45, 7) is 2.90. The minimum Gasteiger partial charge on any atom is -0.497 e. The molecule has 54 heavy (non-hydrogen) atoms. The molecule has 5 atom stereocenters. The van der Waals surface area contributed by atoms with E-state index in [-0.39, 0.29) is 44.4 Å². The van der Waals surface area contributed by atoms with E-state index in [1.54, 1.807) is 28.1 Å². The third-order valence-electron chi connectivity index (χ3n) is 10.4. The van der Waals surface area contributed by atoms with Crippen LogP contribution in [0, 0.1) is 11.8 Å². The van der Waals surface area contributed by atoms with Gasteiger partial charge < -0.3 is 34.1 Å². The van der Waals surface area contributed by atoms with Gasteiger partial charge in [0.1, 0.15) is 23.7 Å². The molecule has 2 bridgehead atoms. The fourth-order valence-corrected chi connectivity index (χ4v) is 7.73. The Morgan fingerprint density at radius 3 is 1.80 bits per heavy atom. The van der Waals surface area contributed by atoms with Crippen LogP contribution in [0.5, 0.6) is 11.5 Å². The van der Waals surface area contributed by atoms with Crippen LogP contribution in [0.3, 0.4) is 0 Å². The standard InChI is InChI=1S/C41H44N2O11/c1-39-21-22-40(2,54-39)36-35(39)37(48)43(38(36)49)23-20-32(44)42-29(24-52-34(47)19-18-33(45)46)25-53-41(26-8-6-5-7-9-26,27-10-14-30(50-3)15-11-27)28-12-16-31(51-4)17-13-28/h5-17,21-22,29,35-36H,18-20,23-25H2,1-4H3,(H,42,44)(H,45,46)/t29?,35-,36+,39?,40?. The maximum Gasteiger partial charge on any atom is 0.306 e. The van der Waals surface area contributed by atoms with Gasteiger partial charge in [-0.3, -0.25) is 28.9 Å². The van der Waals surface area contributed by atoms with Crippen LogP contribution in [-0.2, 0) is 43.8 Å². The Balaban J connectivity index is 1.26. The average molecular weight is 741 g/mol. The lowest BCUT2D eigenvalue weighted by molar-refractivity contribution is -0.149. The number of benzene rings is 3. The van der Waals surface area contributed by atoms with Crippen molar-refractivity contribution in [3.05, 3.63) is 108 Å². The number of fused-ring (bicyclic) bond motifs is 5. The summed E-state index contributed by atoms with van der Waals surface area (Å²) in [7, 11) is 3.14. The number of carboxylic acids is 1. The van der Waals surface area contributed by atoms with Gasteiger partial charge in [0.05, 0.1) is 62.7 Å². The number of esters is 1. The molecule has 3 unspecified atom stereocenters. The van der Waals surface area contributed by atoms with Crippen LogP contribution in [-0.4, -0.2) is 90.9 Å². The second-order valence-electron chi connectivity index (χ2n) is 14.0. The van der Waals surface area contributed by atoms with Gasteiger partial charge in [-0.05, 0) is 54.8 Å². The zero-order chi connectivity index (χ0) is 38.7. The highest BCUT2D eigenvalue weighted by molar-refractivity contribution is 6.07. The number of carbonyl (C=O) groups is 5. The van der Waals surface area contributed by atoms with Crippen LogP contribution in [0.4, 0.5) is 0 Å². The third-order valence-corrected chi connectivity index (χ3v) is 10.4. The summed E-state index contributed by atoms with van der Waals surface area (Å²) in [5.41, 5.74) is -0.826. The van der Waals surface area contributed by atoms with Crippen LogP contribution < -0.4 is 14.8 Å². The lowest BCUT2D eigenvalue weighted by Crippen LogP contribution is -2.46. The first kappa shape index (κ1) is 38.2. The van der Waals surface area contributed by atoms with Gasteiger partial charge in [0.15, 0.2) is 0 Å². The summed E-state index contributed by atoms with van der Waals surface area (Å²) >= 11 is 0. The van der Waals surface area contributed by atoms with Gasteiger partial charge in [-0.25, -0.2) is 0 Å². The molecule has 13 heteroatoms. The molecule has 0 spiro atoms. The third kappa shape index (κ3) is 7.33. The number of nitrogens with zero attached hydrogens (tertiary/aromatic N) is 1. The van der Waals surface area contributed by atoms with Crippen LogP contribution in [0.25, 0.3) is 0 Å². The molecule has 0 aliphatic carbocycles. The van der Waals surface area contributed by atoms with Crippen LogP contribution in [0.1, 0.15) is 49.8 Å². The minimum atomic E-state index is -1.26. The summed E-state index contributed by atoms with van der Waals surface area (Å²) in [5, 5.41) is 11.9. The number of hydrogen-bond donors (Lipinski definition) is 2. The normalized spacial score (nSPS) is 23.2. The molecule has 13 nitrogen and oxygen atoms in total. The van der Waals surface area contributed by atoms with Gasteiger partial charge in [0.25, 0.3) is 0 Å². The minimum absolute atomic E-state index is 0.152. The van der Waals surface area contributed by atoms with Crippen molar-refractivity contribution in [2.24, 2.45) is 11.8 Å². The zero-order valence-corrected chi connectivity index (χ0v) is 30.6. The smallest absolute Gasteiger partial charge is 0.306 e. The van der Waals surface area contributed by atoms with Gasteiger partial charge in [0, 0.05) is 13.0 Å². The van der Waals surface area contributed by atoms with E-state index in [0.29, 0.717) is 11.5 Å². The van der Waals surface area contributed by atoms with E-state index in [2.05, 4.69) is 5.32 Å². The van der Waals surface area contributed by atoms with Gasteiger partial charge in [-0.1, -0.05) is 66.7 Å². The van der Waals surface area contributed by atoms with Crippen molar-refractivity contribution in [3.8, 4) is 11.5 Å². The van der Waals surface area contributed by atoms with E-state index >= 15 is 0 Å². The van der Waals surface area contributed by atoms with E-state index in [0.717, 1.165) is 21.6 Å². The maximum absolute atomic E-state index is 13.6. The highest BCUT2D eigenvalue weighted by atomic mass is 16.5. The second kappa shape index (κ2) is 15.4. The zero-order valence-electron chi connectivity index (χ0n) is 30.6. The number of imide groups is 1. The summed E-state index contributed by atoms with van der Waals surface area (Å²) in [4.78, 5) is 65.3. The van der Waals surface area contributed by atoms with Crippen LogP contribution >= 0.6 is 0 Å². The molecule has 3 aromatic rings. The molecule has 284 valence electrons. The monoisotopic (exact) mass is 740 g/mol. The van der Waals surface area contributed by atoms with Crippen molar-refractivity contribution in [2.75, 3.05) is 34.0 Å². The number of rotatable bonds is 17. The van der Waals surface area contributed by atoms with Gasteiger partial charge >= 0.3 is 11.9 Å². The maximum atomic E-state index is 13.6. The Morgan fingerprint density at radius 2 is 1.30 bits per heavy atom. The summed E-state index contributed by atoms with van der Waals surface area (Å²) in [5.74, 6) is -3.27. The fourth-order valence-electron chi connectivity index (χ4n) is 7.73. The highest BCUT2D eigenvalue weighted by Crippen LogP contribution is 2.57. The Hall–Kier alpha value is -5.53. The average Bonchev–Trinajstić information content (AvgIpc) is 3.74. The van der Waals surface area contributed by atoms with Gasteiger partial charge in [-0.2, -0.15) is 0 Å². The number of nitrogens with one attached hydrogen (secondary N) is 1. The highest BCUT2D eigenvalue weighted by Gasteiger charge is 2.70. The molecule has 3 aliphatic rings. The Kier molecular flexibility index (Phi) is 10.9. The molecule has 0 radical (unpaired) electrons. The van der Waals surface area contributed by atoms with Crippen molar-refractivity contribution in [1.29, 1.82) is 0 Å². The Labute approximate surface area is 313 Å². The number of hydrogen-bond acceptors (Lipinski definition) is 10. The number of methoxy groups -OCH3 is 2. The second-order valence-corrected chi connectivity index (χ2v) is 14.0. The number of likely N-dealkylation sites (tertiary alicyclic amines) is 1. The molecule has 3 heterocycles. The number of aliphatic carboxylic acids is 1. The summed E-state index contributed by atoms with van der Waals surface area (Å²) in [6, 6.07) is 23.3. The molecular formula is C41H44N2O11. The number of amides is 3. The van der Waals surface area contributed by atoms with Gasteiger partial charge in [-0.15, -0.1) is 0 Å². The summed E-state index contributed by atoms with van der Waals surface area (Å²) in [6.07, 6.45) is 2.65. The molecule has 0 aromatic heterocycles. The first-order valence-corrected chi connectivity index (χ1v) is 17.7. The van der Waals surface area contributed by atoms with Crippen molar-refractivity contribution in [2.45, 2.75) is 56.0 Å². The fraction of sp³-hybridized carbons (Fsp3) is 0.390. The van der Waals surface area contributed by atoms with E-state index in [4.69, 9.17) is 28.8 Å². The molecular weight excluding hydrogens is 696 g/mol. The number of carbonyl (C=O) groups excluding carboxylic acids is 4. The molecule has 0 saturated carbocycles. The molecule has 6 rings (SSSR count). The van der Waals surface area contributed by atoms with Crippen LogP contribution in [0.15, 0.2) is 91.0 Å². The molecule has 3 amide bonds. The molecule has 2 saturated heterocycles. The van der Waals surface area contributed by atoms with Gasteiger partial charge in [0.2, 0.25) is 17.7 Å². The molecule has 3 aromatic carbocycles. The van der Waals surface area contributed by atoms with Crippen LogP contribution in [0.2, 0.25) is 0 Å². The van der Waals surface area contributed by atoms with Crippen molar-refractivity contribution < 1.29 is 52.8 Å². The largest absolute Gasteiger partial charge is 0.497 e. The number of ether oxygens (including phenoxy) is 5. The predicted molar refractivity (Wildman–Crippen MR) is 193 cm³/mol. The van der Waals surface area contributed by atoms with E-state index in [9.17, 15) is 24.0 Å². The van der Waals surface area contributed by atoms with Crippen molar-refractivity contribution in [1.82, 2.24) is 10.2 Å². The molecule has 2 fully saturated rings. The quantitative estimate of drug-likeness (QED) is 0.0889. The predicted octanol–water partition coefficient (Wildman–Crippen LogP) is 4.01. The Morgan fingerprint density at radius 1 is 0.778 bits per heavy atom. The lowest BCUT2D eigenvalue weighted by atomic mass is 9.73. The summed E-state index contributed by atoms with van der Waals surface area (Å²) < 4.78 is 29.3. The first-order chi connectivity index (χ1) is 25.8. The Bertz CT molecular complexity index is 1830. The van der Waals surface area contributed by atoms with E-state index in [1.807, 2.05) is 91.0 Å². The lowest BCUT2D eigenvalue weighted by Gasteiger charge is -2.37. The van der Waals surface area contributed by atoms with E-state index < -0.39 is 58.9 Å². The molecule has 2 N–H and O–H groups in total. The van der Waals surface area contributed by atoms with Crippen molar-refractivity contribution >= 4 is 29.7 Å². The first-order valence-electron chi connectivity index (χ1n) is 17.7. The SMILES string of the molecule is COc1ccc(C(OCC(COC(=O)CCC(=O)O)NC(=O)CCN2C(=O)[C@@H]3[C@H](C2=O)C2(C)C=CC3(C)O2)(c2ccccc2)c2ccc(OC)cc2)cc1. The molecule has 3 aliphatic heterocycles.